The second kappa shape index (κ2) is 6.60. The number of hydrogen-bond donors (Lipinski definition) is 1. The summed E-state index contributed by atoms with van der Waals surface area (Å²) in [4.78, 5) is 37.1. The zero-order valence-corrected chi connectivity index (χ0v) is 14.4. The van der Waals surface area contributed by atoms with Crippen LogP contribution in [0.25, 0.3) is 0 Å². The number of nitrogens with zero attached hydrogens (tertiary/aromatic N) is 1. The van der Waals surface area contributed by atoms with Crippen LogP contribution in [0.4, 0.5) is 0 Å². The molecule has 3 unspecified atom stereocenters. The number of amides is 3. The smallest absolute Gasteiger partial charge is 0.240 e. The number of hydrogen-bond acceptors (Lipinski definition) is 3. The lowest BCUT2D eigenvalue weighted by atomic mass is 10.00. The molecule has 0 spiro atoms. The van der Waals surface area contributed by atoms with Crippen molar-refractivity contribution in [3.05, 3.63) is 34.3 Å². The highest BCUT2D eigenvalue weighted by atomic mass is 79.9. The van der Waals surface area contributed by atoms with E-state index in [2.05, 4.69) is 21.2 Å². The Morgan fingerprint density at radius 1 is 1.18 bits per heavy atom. The minimum absolute atomic E-state index is 0.191. The molecule has 0 radical (unpaired) electrons. The predicted molar refractivity (Wildman–Crippen MR) is 85.7 cm³/mol. The highest BCUT2D eigenvalue weighted by Crippen LogP contribution is 2.25. The van der Waals surface area contributed by atoms with E-state index in [0.29, 0.717) is 0 Å². The SMILES string of the molecule is CC(NC(=O)CN1C(=O)C(C)C(C)C1=O)c1ccc(Br)cc1. The molecule has 1 aromatic rings. The molecule has 22 heavy (non-hydrogen) atoms. The number of likely N-dealkylation sites (tertiary alicyclic amines) is 1. The molecule has 0 bridgehead atoms. The summed E-state index contributed by atoms with van der Waals surface area (Å²) in [6, 6.07) is 7.42. The summed E-state index contributed by atoms with van der Waals surface area (Å²) in [6.45, 7) is 5.08. The van der Waals surface area contributed by atoms with Crippen LogP contribution in [-0.2, 0) is 14.4 Å². The second-order valence-corrected chi connectivity index (χ2v) is 6.60. The Morgan fingerprint density at radius 2 is 1.68 bits per heavy atom. The third kappa shape index (κ3) is 3.38. The first-order chi connectivity index (χ1) is 10.3. The van der Waals surface area contributed by atoms with Gasteiger partial charge in [-0.3, -0.25) is 19.3 Å². The Hall–Kier alpha value is -1.69. The maximum atomic E-state index is 12.1. The van der Waals surface area contributed by atoms with Gasteiger partial charge in [-0.25, -0.2) is 0 Å². The van der Waals surface area contributed by atoms with E-state index < -0.39 is 0 Å². The summed E-state index contributed by atoms with van der Waals surface area (Å²) >= 11 is 3.36. The highest BCUT2D eigenvalue weighted by molar-refractivity contribution is 9.10. The molecule has 1 aliphatic heterocycles. The van der Waals surface area contributed by atoms with Gasteiger partial charge in [-0.05, 0) is 24.6 Å². The fourth-order valence-electron chi connectivity index (χ4n) is 2.45. The molecule has 118 valence electrons. The van der Waals surface area contributed by atoms with E-state index in [1.165, 1.54) is 0 Å². The summed E-state index contributed by atoms with van der Waals surface area (Å²) in [7, 11) is 0. The molecule has 0 aromatic heterocycles. The van der Waals surface area contributed by atoms with Crippen molar-refractivity contribution in [1.82, 2.24) is 10.2 Å². The molecule has 1 saturated heterocycles. The van der Waals surface area contributed by atoms with Crippen LogP contribution in [0.15, 0.2) is 28.7 Å². The van der Waals surface area contributed by atoms with Crippen molar-refractivity contribution >= 4 is 33.7 Å². The molecular weight excluding hydrogens is 348 g/mol. The molecule has 3 amide bonds. The number of nitrogens with one attached hydrogen (secondary N) is 1. The Balaban J connectivity index is 1.97. The van der Waals surface area contributed by atoms with Gasteiger partial charge in [-0.1, -0.05) is 41.9 Å². The van der Waals surface area contributed by atoms with Crippen LogP contribution < -0.4 is 5.32 Å². The van der Waals surface area contributed by atoms with Crippen LogP contribution in [0, 0.1) is 11.8 Å². The Labute approximate surface area is 138 Å². The van der Waals surface area contributed by atoms with Gasteiger partial charge in [0, 0.05) is 16.3 Å². The number of carbonyl (C=O) groups is 3. The maximum absolute atomic E-state index is 12.1. The molecule has 1 aromatic carbocycles. The quantitative estimate of drug-likeness (QED) is 0.831. The van der Waals surface area contributed by atoms with Crippen molar-refractivity contribution in [3.63, 3.8) is 0 Å². The summed E-state index contributed by atoms with van der Waals surface area (Å²) in [6.07, 6.45) is 0. The normalized spacial score (nSPS) is 22.8. The molecule has 1 fully saturated rings. The summed E-state index contributed by atoms with van der Waals surface area (Å²) in [5.41, 5.74) is 0.956. The second-order valence-electron chi connectivity index (χ2n) is 5.68. The molecule has 0 saturated carbocycles. The van der Waals surface area contributed by atoms with E-state index in [1.807, 2.05) is 31.2 Å². The fraction of sp³-hybridized carbons (Fsp3) is 0.438. The molecule has 6 heteroatoms. The molecule has 0 aliphatic carbocycles. The van der Waals surface area contributed by atoms with Crippen molar-refractivity contribution in [3.8, 4) is 0 Å². The van der Waals surface area contributed by atoms with Crippen LogP contribution in [0.2, 0.25) is 0 Å². The van der Waals surface area contributed by atoms with Gasteiger partial charge in [0.25, 0.3) is 0 Å². The van der Waals surface area contributed by atoms with Crippen LogP contribution in [-0.4, -0.2) is 29.2 Å². The molecule has 2 rings (SSSR count). The third-order valence-corrected chi connectivity index (χ3v) is 4.64. The fourth-order valence-corrected chi connectivity index (χ4v) is 2.71. The molecule has 1 heterocycles. The average Bonchev–Trinajstić information content (AvgIpc) is 2.65. The molecule has 5 nitrogen and oxygen atoms in total. The van der Waals surface area contributed by atoms with Crippen molar-refractivity contribution in [2.45, 2.75) is 26.8 Å². The lowest BCUT2D eigenvalue weighted by molar-refractivity contribution is -0.143. The summed E-state index contributed by atoms with van der Waals surface area (Å²) in [5.74, 6) is -1.60. The first-order valence-corrected chi connectivity index (χ1v) is 8.00. The van der Waals surface area contributed by atoms with Gasteiger partial charge in [-0.15, -0.1) is 0 Å². The summed E-state index contributed by atoms with van der Waals surface area (Å²) in [5, 5.41) is 2.81. The minimum Gasteiger partial charge on any atom is -0.348 e. The largest absolute Gasteiger partial charge is 0.348 e. The van der Waals surface area contributed by atoms with Crippen LogP contribution in [0.1, 0.15) is 32.4 Å². The lowest BCUT2D eigenvalue weighted by Crippen LogP contribution is -2.41. The molecule has 3 atom stereocenters. The van der Waals surface area contributed by atoms with Crippen LogP contribution in [0.5, 0.6) is 0 Å². The lowest BCUT2D eigenvalue weighted by Gasteiger charge is -2.18. The molecule has 1 aliphatic rings. The van der Waals surface area contributed by atoms with E-state index in [0.717, 1.165) is 14.9 Å². The number of carbonyl (C=O) groups excluding carboxylic acids is 3. The van der Waals surface area contributed by atoms with Crippen molar-refractivity contribution in [2.24, 2.45) is 11.8 Å². The van der Waals surface area contributed by atoms with E-state index in [4.69, 9.17) is 0 Å². The third-order valence-electron chi connectivity index (χ3n) is 4.11. The first-order valence-electron chi connectivity index (χ1n) is 7.21. The van der Waals surface area contributed by atoms with Crippen molar-refractivity contribution < 1.29 is 14.4 Å². The van der Waals surface area contributed by atoms with Gasteiger partial charge >= 0.3 is 0 Å². The summed E-state index contributed by atoms with van der Waals surface area (Å²) < 4.78 is 0.964. The van der Waals surface area contributed by atoms with E-state index in [-0.39, 0.29) is 42.1 Å². The van der Waals surface area contributed by atoms with E-state index in [1.54, 1.807) is 13.8 Å². The van der Waals surface area contributed by atoms with Gasteiger partial charge in [0.05, 0.1) is 6.04 Å². The predicted octanol–water partition coefficient (Wildman–Crippen LogP) is 2.27. The van der Waals surface area contributed by atoms with Gasteiger partial charge in [0.15, 0.2) is 0 Å². The monoisotopic (exact) mass is 366 g/mol. The zero-order valence-electron chi connectivity index (χ0n) is 12.8. The first kappa shape index (κ1) is 16.7. The number of rotatable bonds is 4. The zero-order chi connectivity index (χ0) is 16.4. The van der Waals surface area contributed by atoms with Crippen LogP contribution >= 0.6 is 15.9 Å². The van der Waals surface area contributed by atoms with Gasteiger partial charge in [0.2, 0.25) is 17.7 Å². The van der Waals surface area contributed by atoms with E-state index >= 15 is 0 Å². The van der Waals surface area contributed by atoms with Gasteiger partial charge in [0.1, 0.15) is 6.54 Å². The number of imide groups is 1. The van der Waals surface area contributed by atoms with Crippen molar-refractivity contribution in [1.29, 1.82) is 0 Å². The standard InChI is InChI=1S/C16H19BrN2O3/c1-9-10(2)16(22)19(15(9)21)8-14(20)18-11(3)12-4-6-13(17)7-5-12/h4-7,9-11H,8H2,1-3H3,(H,18,20). The van der Waals surface area contributed by atoms with Gasteiger partial charge < -0.3 is 5.32 Å². The Kier molecular flexibility index (Phi) is 5.01. The molecule has 1 N–H and O–H groups in total. The van der Waals surface area contributed by atoms with Crippen LogP contribution in [0.3, 0.4) is 0 Å². The number of benzene rings is 1. The van der Waals surface area contributed by atoms with E-state index in [9.17, 15) is 14.4 Å². The topological polar surface area (TPSA) is 66.5 Å². The minimum atomic E-state index is -0.357. The molecular formula is C16H19BrN2O3. The van der Waals surface area contributed by atoms with Gasteiger partial charge in [-0.2, -0.15) is 0 Å². The Bertz CT molecular complexity index is 580. The maximum Gasteiger partial charge on any atom is 0.240 e. The number of halogens is 1. The highest BCUT2D eigenvalue weighted by Gasteiger charge is 2.42. The van der Waals surface area contributed by atoms with Crippen molar-refractivity contribution in [2.75, 3.05) is 6.54 Å². The average molecular weight is 367 g/mol. The Morgan fingerprint density at radius 3 is 2.18 bits per heavy atom.